The van der Waals surface area contributed by atoms with Gasteiger partial charge >= 0.3 is 0 Å². The number of nitrogens with zero attached hydrogens (tertiary/aromatic N) is 3. The van der Waals surface area contributed by atoms with Crippen LogP contribution in [0, 0.1) is 28.7 Å². The average Bonchev–Trinajstić information content (AvgIpc) is 2.76. The summed E-state index contributed by atoms with van der Waals surface area (Å²) >= 11 is 0. The van der Waals surface area contributed by atoms with Crippen LogP contribution in [-0.4, -0.2) is 4.98 Å². The van der Waals surface area contributed by atoms with Gasteiger partial charge in [-0.25, -0.2) is 0 Å². The van der Waals surface area contributed by atoms with E-state index in [2.05, 4.69) is 11.1 Å². The van der Waals surface area contributed by atoms with Gasteiger partial charge in [-0.3, -0.25) is 0 Å². The molecule has 2 aromatic rings. The SMILES string of the molecule is N#CC(C#N)=C1c2ccc[c-]c2-c2ncccc21.[Pt]. The molecule has 4 heteroatoms. The Bertz CT molecular complexity index is 700. The molecule has 19 heavy (non-hydrogen) atoms. The van der Waals surface area contributed by atoms with Crippen LogP contribution < -0.4 is 0 Å². The van der Waals surface area contributed by atoms with Gasteiger partial charge in [-0.05, 0) is 22.9 Å². The maximum absolute atomic E-state index is 9.08. The van der Waals surface area contributed by atoms with Gasteiger partial charge < -0.3 is 4.98 Å². The number of nitriles is 2. The number of allylic oxidation sites excluding steroid dienone is 1. The summed E-state index contributed by atoms with van der Waals surface area (Å²) in [5.41, 5.74) is 4.09. The zero-order valence-corrected chi connectivity index (χ0v) is 11.9. The monoisotopic (exact) mass is 423 g/mol. The molecule has 1 aromatic heterocycles. The Morgan fingerprint density at radius 1 is 1.11 bits per heavy atom. The molecule has 1 aliphatic carbocycles. The van der Waals surface area contributed by atoms with Gasteiger partial charge in [0.25, 0.3) is 0 Å². The first-order valence-corrected chi connectivity index (χ1v) is 5.38. The first-order chi connectivity index (χ1) is 8.86. The van der Waals surface area contributed by atoms with Crippen molar-refractivity contribution in [1.29, 1.82) is 10.5 Å². The summed E-state index contributed by atoms with van der Waals surface area (Å²) in [6.07, 6.45) is 1.70. The molecule has 0 saturated carbocycles. The van der Waals surface area contributed by atoms with Crippen molar-refractivity contribution < 1.29 is 21.1 Å². The minimum Gasteiger partial charge on any atom is -0.304 e. The Morgan fingerprint density at radius 3 is 2.58 bits per heavy atom. The second-order valence-corrected chi connectivity index (χ2v) is 3.83. The molecular weight excluding hydrogens is 417 g/mol. The van der Waals surface area contributed by atoms with Gasteiger partial charge in [-0.2, -0.15) is 10.5 Å². The first kappa shape index (κ1) is 13.2. The summed E-state index contributed by atoms with van der Waals surface area (Å²) in [5.74, 6) is 0. The summed E-state index contributed by atoms with van der Waals surface area (Å²) in [6.45, 7) is 0. The molecule has 0 amide bonds. The molecule has 0 unspecified atom stereocenters. The third-order valence-electron chi connectivity index (χ3n) is 2.91. The van der Waals surface area contributed by atoms with E-state index in [9.17, 15) is 0 Å². The summed E-state index contributed by atoms with van der Waals surface area (Å²) < 4.78 is 0. The van der Waals surface area contributed by atoms with Gasteiger partial charge in [-0.15, -0.1) is 29.8 Å². The number of hydrogen-bond donors (Lipinski definition) is 0. The van der Waals surface area contributed by atoms with Gasteiger partial charge in [0.1, 0.15) is 17.7 Å². The van der Waals surface area contributed by atoms with E-state index in [1.807, 2.05) is 30.3 Å². The topological polar surface area (TPSA) is 60.5 Å². The van der Waals surface area contributed by atoms with Gasteiger partial charge in [-0.1, -0.05) is 11.6 Å². The minimum atomic E-state index is 0. The quantitative estimate of drug-likeness (QED) is 0.413. The normalized spacial score (nSPS) is 10.5. The molecule has 0 atom stereocenters. The molecule has 1 aliphatic rings. The number of hydrogen-bond acceptors (Lipinski definition) is 3. The van der Waals surface area contributed by atoms with Gasteiger partial charge in [0.05, 0.1) is 0 Å². The zero-order valence-electron chi connectivity index (χ0n) is 9.62. The fraction of sp³-hybridized carbons (Fsp3) is 0. The van der Waals surface area contributed by atoms with Crippen LogP contribution in [0.2, 0.25) is 0 Å². The van der Waals surface area contributed by atoms with Crippen molar-refractivity contribution in [1.82, 2.24) is 4.98 Å². The third-order valence-corrected chi connectivity index (χ3v) is 2.91. The predicted octanol–water partition coefficient (Wildman–Crippen LogP) is 2.71. The molecule has 0 aliphatic heterocycles. The number of benzene rings is 1. The van der Waals surface area contributed by atoms with E-state index in [-0.39, 0.29) is 26.6 Å². The van der Waals surface area contributed by atoms with Crippen LogP contribution in [0.1, 0.15) is 11.1 Å². The molecule has 3 rings (SSSR count). The maximum Gasteiger partial charge on any atom is 0.128 e. The standard InChI is InChI=1S/C15H6N3.Pt/c16-8-10(9-17)14-11-4-1-2-5-12(11)15-13(14)6-3-7-18-15;/h1-4,6-7H;/q-1;. The number of aromatic nitrogens is 1. The molecule has 1 heterocycles. The smallest absolute Gasteiger partial charge is 0.128 e. The fourth-order valence-electron chi connectivity index (χ4n) is 2.20. The van der Waals surface area contributed by atoms with Crippen LogP contribution in [0.5, 0.6) is 0 Å². The molecular formula is C15H6N3Pt-. The second kappa shape index (κ2) is 5.19. The molecule has 0 bridgehead atoms. The van der Waals surface area contributed by atoms with Crippen LogP contribution in [0.15, 0.2) is 42.1 Å². The van der Waals surface area contributed by atoms with E-state index in [0.29, 0.717) is 5.57 Å². The van der Waals surface area contributed by atoms with E-state index in [1.165, 1.54) is 0 Å². The number of fused-ring (bicyclic) bond motifs is 3. The van der Waals surface area contributed by atoms with Gasteiger partial charge in [0, 0.05) is 27.3 Å². The van der Waals surface area contributed by atoms with E-state index >= 15 is 0 Å². The van der Waals surface area contributed by atoms with Crippen molar-refractivity contribution in [2.45, 2.75) is 0 Å². The Morgan fingerprint density at radius 2 is 1.84 bits per heavy atom. The van der Waals surface area contributed by atoms with Crippen LogP contribution in [0.4, 0.5) is 0 Å². The third kappa shape index (κ3) is 1.89. The van der Waals surface area contributed by atoms with Gasteiger partial charge in [0.2, 0.25) is 0 Å². The molecule has 0 spiro atoms. The Labute approximate surface area is 125 Å². The fourth-order valence-corrected chi connectivity index (χ4v) is 2.20. The Balaban J connectivity index is 0.00000133. The molecule has 0 saturated heterocycles. The minimum absolute atomic E-state index is 0. The summed E-state index contributed by atoms with van der Waals surface area (Å²) in [5, 5.41) is 18.2. The summed E-state index contributed by atoms with van der Waals surface area (Å²) in [7, 11) is 0. The summed E-state index contributed by atoms with van der Waals surface area (Å²) in [6, 6.07) is 16.2. The molecule has 0 fully saturated rings. The zero-order chi connectivity index (χ0) is 12.5. The van der Waals surface area contributed by atoms with Crippen molar-refractivity contribution in [3.63, 3.8) is 0 Å². The van der Waals surface area contributed by atoms with Crippen molar-refractivity contribution in [3.05, 3.63) is 59.3 Å². The van der Waals surface area contributed by atoms with E-state index in [4.69, 9.17) is 10.5 Å². The Kier molecular flexibility index (Phi) is 3.61. The molecule has 0 radical (unpaired) electrons. The Hall–Kier alpha value is -2.22. The van der Waals surface area contributed by atoms with E-state index < -0.39 is 0 Å². The maximum atomic E-state index is 9.08. The van der Waals surface area contributed by atoms with Crippen LogP contribution in [0.3, 0.4) is 0 Å². The average molecular weight is 423 g/mol. The van der Waals surface area contributed by atoms with Crippen LogP contribution >= 0.6 is 0 Å². The van der Waals surface area contributed by atoms with Crippen molar-refractivity contribution in [2.75, 3.05) is 0 Å². The van der Waals surface area contributed by atoms with E-state index in [0.717, 1.165) is 22.4 Å². The largest absolute Gasteiger partial charge is 0.304 e. The second-order valence-electron chi connectivity index (χ2n) is 3.83. The molecule has 3 nitrogen and oxygen atoms in total. The molecule has 1 aromatic carbocycles. The predicted molar refractivity (Wildman–Crippen MR) is 65.8 cm³/mol. The van der Waals surface area contributed by atoms with Crippen LogP contribution in [-0.2, 0) is 21.1 Å². The molecule has 0 N–H and O–H groups in total. The van der Waals surface area contributed by atoms with Gasteiger partial charge in [0.15, 0.2) is 0 Å². The van der Waals surface area contributed by atoms with Crippen molar-refractivity contribution in [3.8, 4) is 23.4 Å². The van der Waals surface area contributed by atoms with Crippen molar-refractivity contribution in [2.24, 2.45) is 0 Å². The molecule has 92 valence electrons. The van der Waals surface area contributed by atoms with Crippen LogP contribution in [0.25, 0.3) is 16.8 Å². The number of pyridine rings is 1. The van der Waals surface area contributed by atoms with E-state index in [1.54, 1.807) is 18.3 Å². The number of rotatable bonds is 0. The first-order valence-electron chi connectivity index (χ1n) is 5.38. The van der Waals surface area contributed by atoms with Crippen molar-refractivity contribution >= 4 is 5.57 Å². The summed E-state index contributed by atoms with van der Waals surface area (Å²) in [4.78, 5) is 4.32.